The van der Waals surface area contributed by atoms with Crippen LogP contribution < -0.4 is 5.32 Å². The number of sulfonamides is 1. The van der Waals surface area contributed by atoms with E-state index in [4.69, 9.17) is 4.52 Å². The van der Waals surface area contributed by atoms with Crippen molar-refractivity contribution in [3.8, 4) is 0 Å². The predicted octanol–water partition coefficient (Wildman–Crippen LogP) is 3.56. The highest BCUT2D eigenvalue weighted by Crippen LogP contribution is 2.42. The maximum atomic E-state index is 14.4. The third-order valence-corrected chi connectivity index (χ3v) is 11.5. The van der Waals surface area contributed by atoms with Gasteiger partial charge in [0.25, 0.3) is 5.91 Å². The molecule has 0 radical (unpaired) electrons. The summed E-state index contributed by atoms with van der Waals surface area (Å²) in [6.07, 6.45) is 7.59. The van der Waals surface area contributed by atoms with Crippen LogP contribution in [0.25, 0.3) is 0 Å². The van der Waals surface area contributed by atoms with Gasteiger partial charge in [0, 0.05) is 30.1 Å². The van der Waals surface area contributed by atoms with E-state index < -0.39 is 15.3 Å². The molecule has 4 atom stereocenters. The van der Waals surface area contributed by atoms with E-state index in [0.29, 0.717) is 30.9 Å². The Morgan fingerprint density at radius 3 is 2.38 bits per heavy atom. The van der Waals surface area contributed by atoms with Crippen molar-refractivity contribution in [3.63, 3.8) is 0 Å². The number of piperidine rings is 2. The number of likely N-dealkylation sites (tertiary alicyclic amines) is 1. The first-order chi connectivity index (χ1) is 17.9. The molecule has 4 aliphatic rings. The van der Waals surface area contributed by atoms with E-state index in [9.17, 15) is 13.2 Å². The molecule has 0 spiro atoms. The highest BCUT2D eigenvalue weighted by Gasteiger charge is 2.50. The van der Waals surface area contributed by atoms with Gasteiger partial charge >= 0.3 is 0 Å². The van der Waals surface area contributed by atoms with Crippen LogP contribution in [-0.2, 0) is 16.4 Å². The number of rotatable bonds is 8. The van der Waals surface area contributed by atoms with Gasteiger partial charge in [0.1, 0.15) is 5.76 Å². The summed E-state index contributed by atoms with van der Waals surface area (Å²) in [6.45, 7) is 1.88. The van der Waals surface area contributed by atoms with Crippen LogP contribution in [0.15, 0.2) is 40.9 Å². The number of fused-ring (bicyclic) bond motifs is 2. The summed E-state index contributed by atoms with van der Waals surface area (Å²) in [4.78, 5) is 15.2. The third-order valence-electron chi connectivity index (χ3n) is 8.99. The summed E-state index contributed by atoms with van der Waals surface area (Å²) in [5, 5.41) is 6.70. The number of hydrogen-bond donors (Lipinski definition) is 1. The minimum absolute atomic E-state index is 0.0478. The van der Waals surface area contributed by atoms with Crippen LogP contribution in [0.4, 0.5) is 0 Å². The Morgan fingerprint density at radius 1 is 1.05 bits per heavy atom. The standard InChI is InChI=1S/C28H38N4O4S/c1-31-13-11-21(12-14-31)27(15-19-5-3-2-4-6-19)37(34,35)32-23-9-10-24(32)17-22(16-23)29-28(33)25-18-26(36-30-25)20-7-8-20/h2-6,18,20-24,27H,7-17H2,1H3,(H,29,33)/t22?,23-,24+,27-/m1/s1. The quantitative estimate of drug-likeness (QED) is 0.565. The summed E-state index contributed by atoms with van der Waals surface area (Å²) >= 11 is 0. The summed E-state index contributed by atoms with van der Waals surface area (Å²) in [5.41, 5.74) is 1.41. The van der Waals surface area contributed by atoms with Gasteiger partial charge in [-0.05, 0) is 89.4 Å². The van der Waals surface area contributed by atoms with Crippen LogP contribution in [0.5, 0.6) is 0 Å². The molecule has 1 N–H and O–H groups in total. The lowest BCUT2D eigenvalue weighted by atomic mass is 9.90. The molecule has 1 saturated carbocycles. The van der Waals surface area contributed by atoms with E-state index in [-0.39, 0.29) is 30.0 Å². The van der Waals surface area contributed by atoms with Crippen LogP contribution in [0.3, 0.4) is 0 Å². The average Bonchev–Trinajstić information content (AvgIpc) is 3.54. The number of carbonyl (C=O) groups excluding carboxylic acids is 1. The number of amides is 1. The summed E-state index contributed by atoms with van der Waals surface area (Å²) < 4.78 is 35.9. The second-order valence-corrected chi connectivity index (χ2v) is 13.7. The van der Waals surface area contributed by atoms with Crippen molar-refractivity contribution >= 4 is 15.9 Å². The number of carbonyl (C=O) groups is 1. The molecule has 1 aromatic heterocycles. The molecular formula is C28H38N4O4S. The van der Waals surface area contributed by atoms with Gasteiger partial charge in [-0.1, -0.05) is 35.5 Å². The molecule has 4 fully saturated rings. The highest BCUT2D eigenvalue weighted by atomic mass is 32.2. The first-order valence-corrected chi connectivity index (χ1v) is 15.4. The molecule has 1 aliphatic carbocycles. The molecule has 1 unspecified atom stereocenters. The molecule has 3 aliphatic heterocycles. The Kier molecular flexibility index (Phi) is 6.88. The fourth-order valence-corrected chi connectivity index (χ4v) is 9.49. The largest absolute Gasteiger partial charge is 0.360 e. The summed E-state index contributed by atoms with van der Waals surface area (Å²) in [5.74, 6) is 1.15. The van der Waals surface area contributed by atoms with Crippen LogP contribution in [0.2, 0.25) is 0 Å². The predicted molar refractivity (Wildman–Crippen MR) is 141 cm³/mol. The van der Waals surface area contributed by atoms with Gasteiger partial charge in [0.15, 0.2) is 5.69 Å². The molecule has 3 saturated heterocycles. The Labute approximate surface area is 219 Å². The fraction of sp³-hybridized carbons (Fsp3) is 0.643. The van der Waals surface area contributed by atoms with Crippen LogP contribution in [0.1, 0.15) is 79.1 Å². The highest BCUT2D eigenvalue weighted by molar-refractivity contribution is 7.89. The maximum absolute atomic E-state index is 14.4. The SMILES string of the molecule is CN1CCC([C@@H](Cc2ccccc2)S(=O)(=O)N2[C@@H]3CC[C@H]2CC(NC(=O)c2cc(C4CC4)on2)C3)CC1. The zero-order chi connectivity index (χ0) is 25.6. The Hall–Kier alpha value is -2.23. The third kappa shape index (κ3) is 5.22. The molecule has 8 nitrogen and oxygen atoms in total. The van der Waals surface area contributed by atoms with Gasteiger partial charge in [-0.15, -0.1) is 0 Å². The molecule has 6 rings (SSSR count). The smallest absolute Gasteiger partial charge is 0.273 e. The van der Waals surface area contributed by atoms with Crippen molar-refractivity contribution in [1.82, 2.24) is 19.7 Å². The molecule has 4 heterocycles. The van der Waals surface area contributed by atoms with E-state index in [2.05, 4.69) is 22.4 Å². The van der Waals surface area contributed by atoms with Gasteiger partial charge in [-0.2, -0.15) is 4.31 Å². The minimum Gasteiger partial charge on any atom is -0.360 e. The zero-order valence-electron chi connectivity index (χ0n) is 21.6. The molecular weight excluding hydrogens is 488 g/mol. The van der Waals surface area contributed by atoms with Crippen LogP contribution in [0, 0.1) is 5.92 Å². The van der Waals surface area contributed by atoms with Crippen LogP contribution in [-0.4, -0.2) is 72.2 Å². The monoisotopic (exact) mass is 526 g/mol. The first kappa shape index (κ1) is 25.1. The topological polar surface area (TPSA) is 95.8 Å². The molecule has 9 heteroatoms. The molecule has 1 aromatic carbocycles. The average molecular weight is 527 g/mol. The van der Waals surface area contributed by atoms with Crippen molar-refractivity contribution < 1.29 is 17.7 Å². The first-order valence-electron chi connectivity index (χ1n) is 13.9. The normalized spacial score (nSPS) is 28.3. The van der Waals surface area contributed by atoms with Crippen molar-refractivity contribution in [1.29, 1.82) is 0 Å². The summed E-state index contributed by atoms with van der Waals surface area (Å²) in [7, 11) is -1.39. The number of nitrogens with zero attached hydrogens (tertiary/aromatic N) is 3. The number of benzene rings is 1. The molecule has 2 bridgehead atoms. The second kappa shape index (κ2) is 10.2. The number of aromatic nitrogens is 1. The lowest BCUT2D eigenvalue weighted by Gasteiger charge is -2.42. The maximum Gasteiger partial charge on any atom is 0.273 e. The minimum atomic E-state index is -3.50. The number of nitrogens with one attached hydrogen (secondary N) is 1. The Bertz CT molecular complexity index is 1190. The molecule has 2 aromatic rings. The number of hydrogen-bond acceptors (Lipinski definition) is 6. The van der Waals surface area contributed by atoms with Gasteiger partial charge < -0.3 is 14.7 Å². The molecule has 200 valence electrons. The molecule has 1 amide bonds. The van der Waals surface area contributed by atoms with Crippen molar-refractivity contribution in [2.24, 2.45) is 5.92 Å². The van der Waals surface area contributed by atoms with Crippen molar-refractivity contribution in [3.05, 3.63) is 53.4 Å². The van der Waals surface area contributed by atoms with Gasteiger partial charge in [-0.25, -0.2) is 8.42 Å². The van der Waals surface area contributed by atoms with Crippen LogP contribution >= 0.6 is 0 Å². The van der Waals surface area contributed by atoms with Gasteiger partial charge in [0.2, 0.25) is 10.0 Å². The second-order valence-electron chi connectivity index (χ2n) is 11.7. The lowest BCUT2D eigenvalue weighted by molar-refractivity contribution is 0.0899. The van der Waals surface area contributed by atoms with E-state index in [1.54, 1.807) is 6.07 Å². The van der Waals surface area contributed by atoms with E-state index >= 15 is 0 Å². The van der Waals surface area contributed by atoms with E-state index in [0.717, 1.165) is 62.9 Å². The lowest BCUT2D eigenvalue weighted by Crippen LogP contribution is -2.56. The van der Waals surface area contributed by atoms with E-state index in [1.807, 2.05) is 34.6 Å². The Morgan fingerprint density at radius 2 is 1.73 bits per heavy atom. The van der Waals surface area contributed by atoms with Crippen molar-refractivity contribution in [2.45, 2.75) is 87.1 Å². The fourth-order valence-electron chi connectivity index (χ4n) is 6.80. The van der Waals surface area contributed by atoms with Gasteiger partial charge in [0.05, 0.1) is 5.25 Å². The molecule has 37 heavy (non-hydrogen) atoms. The summed E-state index contributed by atoms with van der Waals surface area (Å²) in [6, 6.07) is 11.7. The zero-order valence-corrected chi connectivity index (χ0v) is 22.4. The van der Waals surface area contributed by atoms with E-state index in [1.165, 1.54) is 0 Å². The van der Waals surface area contributed by atoms with Gasteiger partial charge in [-0.3, -0.25) is 4.79 Å². The Balaban J connectivity index is 1.17. The van der Waals surface area contributed by atoms with Crippen molar-refractivity contribution in [2.75, 3.05) is 20.1 Å².